The Kier molecular flexibility index (Phi) is 11.6. The number of amides is 2. The first-order chi connectivity index (χ1) is 27.4. The van der Waals surface area contributed by atoms with Crippen LogP contribution >= 0.6 is 22.7 Å². The van der Waals surface area contributed by atoms with Crippen molar-refractivity contribution in [3.05, 3.63) is 107 Å². The van der Waals surface area contributed by atoms with Gasteiger partial charge in [0.2, 0.25) is 11.8 Å². The third-order valence-corrected chi connectivity index (χ3v) is 11.7. The average molecular weight is 788 g/mol. The predicted molar refractivity (Wildman–Crippen MR) is 219 cm³/mol. The molecule has 0 radical (unpaired) electrons. The lowest BCUT2D eigenvalue weighted by Crippen LogP contribution is -2.47. The molecule has 8 heterocycles. The van der Waals surface area contributed by atoms with Gasteiger partial charge in [-0.2, -0.15) is 0 Å². The van der Waals surface area contributed by atoms with Crippen LogP contribution in [0.1, 0.15) is 22.4 Å². The van der Waals surface area contributed by atoms with Gasteiger partial charge in [0.15, 0.2) is 0 Å². The zero-order chi connectivity index (χ0) is 38.3. The van der Waals surface area contributed by atoms with Gasteiger partial charge in [-0.1, -0.05) is 0 Å². The SMILES string of the molecule is CC1CN(c2ccc(CC(=O)Nc3ccc(-c4cnccn4)cn3)s2)CC(Cc2cnc(-c3ccc(NC(=O)Cc4ccc(N5CCNCC5)s4)nc3)cn2)O1. The largest absolute Gasteiger partial charge is 0.371 e. The van der Waals surface area contributed by atoms with Crippen LogP contribution in [0.3, 0.4) is 0 Å². The van der Waals surface area contributed by atoms with Crippen LogP contribution in [-0.2, 0) is 33.6 Å². The highest BCUT2D eigenvalue weighted by molar-refractivity contribution is 7.16. The third kappa shape index (κ3) is 9.57. The number of nitrogens with zero attached hydrogens (tertiary/aromatic N) is 8. The Bertz CT molecular complexity index is 2230. The summed E-state index contributed by atoms with van der Waals surface area (Å²) in [7, 11) is 0. The van der Waals surface area contributed by atoms with E-state index in [2.05, 4.69) is 69.7 Å². The molecule has 6 aromatic rings. The van der Waals surface area contributed by atoms with Crippen molar-refractivity contribution >= 4 is 56.1 Å². The Labute approximate surface area is 332 Å². The summed E-state index contributed by atoms with van der Waals surface area (Å²) in [4.78, 5) is 58.9. The van der Waals surface area contributed by atoms with E-state index in [0.717, 1.165) is 70.0 Å². The number of ether oxygens (including phenoxy) is 1. The van der Waals surface area contributed by atoms with Gasteiger partial charge in [-0.3, -0.25) is 29.5 Å². The molecule has 14 nitrogen and oxygen atoms in total. The van der Waals surface area contributed by atoms with Crippen LogP contribution in [-0.4, -0.2) is 93.2 Å². The molecule has 0 bridgehead atoms. The number of aromatic nitrogens is 6. The second-order valence-corrected chi connectivity index (χ2v) is 16.0. The molecule has 6 aromatic heterocycles. The maximum absolute atomic E-state index is 12.9. The van der Waals surface area contributed by atoms with Crippen molar-refractivity contribution in [2.45, 2.75) is 38.4 Å². The first kappa shape index (κ1) is 37.3. The van der Waals surface area contributed by atoms with Gasteiger partial charge in [-0.15, -0.1) is 22.7 Å². The summed E-state index contributed by atoms with van der Waals surface area (Å²) in [5.41, 5.74) is 3.89. The van der Waals surface area contributed by atoms with Gasteiger partial charge in [0.1, 0.15) is 11.6 Å². The summed E-state index contributed by atoms with van der Waals surface area (Å²) >= 11 is 3.28. The first-order valence-corrected chi connectivity index (χ1v) is 20.2. The number of rotatable bonds is 12. The number of morpholine rings is 1. The van der Waals surface area contributed by atoms with Crippen molar-refractivity contribution in [1.29, 1.82) is 0 Å². The van der Waals surface area contributed by atoms with Gasteiger partial charge >= 0.3 is 0 Å². The normalized spacial score (nSPS) is 17.1. The molecule has 2 saturated heterocycles. The molecule has 2 aliphatic heterocycles. The molecule has 8 rings (SSSR count). The van der Waals surface area contributed by atoms with E-state index in [9.17, 15) is 9.59 Å². The van der Waals surface area contributed by atoms with Crippen molar-refractivity contribution in [3.63, 3.8) is 0 Å². The summed E-state index contributed by atoms with van der Waals surface area (Å²) in [6.45, 7) is 7.44. The van der Waals surface area contributed by atoms with E-state index >= 15 is 0 Å². The summed E-state index contributed by atoms with van der Waals surface area (Å²) in [5.74, 6) is 0.757. The van der Waals surface area contributed by atoms with Crippen molar-refractivity contribution in [2.75, 3.05) is 59.7 Å². The second kappa shape index (κ2) is 17.4. The van der Waals surface area contributed by atoms with Crippen molar-refractivity contribution < 1.29 is 14.3 Å². The molecule has 16 heteroatoms. The molecule has 2 atom stereocenters. The van der Waals surface area contributed by atoms with Crippen LogP contribution in [0.5, 0.6) is 0 Å². The van der Waals surface area contributed by atoms with E-state index in [0.29, 0.717) is 36.7 Å². The van der Waals surface area contributed by atoms with Crippen LogP contribution in [0.2, 0.25) is 0 Å². The fourth-order valence-corrected chi connectivity index (χ4v) is 8.78. The Hall–Kier alpha value is -5.68. The lowest BCUT2D eigenvalue weighted by Gasteiger charge is -2.37. The summed E-state index contributed by atoms with van der Waals surface area (Å²) < 4.78 is 6.31. The van der Waals surface area contributed by atoms with Crippen molar-refractivity contribution in [2.24, 2.45) is 0 Å². The van der Waals surface area contributed by atoms with Crippen LogP contribution in [0.4, 0.5) is 21.6 Å². The summed E-state index contributed by atoms with van der Waals surface area (Å²) in [5, 5.41) is 11.5. The van der Waals surface area contributed by atoms with Crippen LogP contribution < -0.4 is 25.8 Å². The van der Waals surface area contributed by atoms with Gasteiger partial charge in [0, 0.05) is 97.6 Å². The minimum atomic E-state index is -0.128. The highest BCUT2D eigenvalue weighted by Gasteiger charge is 2.27. The Morgan fingerprint density at radius 1 is 0.714 bits per heavy atom. The van der Waals surface area contributed by atoms with Crippen LogP contribution in [0.15, 0.2) is 91.9 Å². The lowest BCUT2D eigenvalue weighted by molar-refractivity contribution is -0.116. The first-order valence-electron chi connectivity index (χ1n) is 18.5. The Morgan fingerprint density at radius 3 is 1.93 bits per heavy atom. The number of nitrogens with one attached hydrogen (secondary N) is 3. The maximum Gasteiger partial charge on any atom is 0.230 e. The highest BCUT2D eigenvalue weighted by atomic mass is 32.1. The zero-order valence-electron chi connectivity index (χ0n) is 30.8. The molecule has 0 spiro atoms. The number of hydrogen-bond acceptors (Lipinski definition) is 14. The van der Waals surface area contributed by atoms with Gasteiger partial charge < -0.3 is 30.5 Å². The topological polar surface area (TPSA) is 163 Å². The molecular formula is C40H41N11O3S2. The molecule has 0 aliphatic carbocycles. The predicted octanol–water partition coefficient (Wildman–Crippen LogP) is 5.12. The summed E-state index contributed by atoms with van der Waals surface area (Å²) in [6, 6.07) is 15.5. The molecule has 0 aromatic carbocycles. The van der Waals surface area contributed by atoms with E-state index in [-0.39, 0.29) is 30.4 Å². The molecule has 2 unspecified atom stereocenters. The molecule has 2 amide bonds. The number of hydrogen-bond donors (Lipinski definition) is 3. The standard InChI is InChI=1S/C40H41N11O3S2/c1-26-24-51(40-9-5-32(56-40)18-38(53)48-35-6-2-27(19-46-35)33-22-42-10-11-43-33)25-30(54-26)16-29-21-45-34(23-44-29)28-3-7-36(47-20-28)49-37(52)17-31-4-8-39(55-31)50-14-12-41-13-15-50/h2-11,19-23,26,30,41H,12-18,24-25H2,1H3,(H,46,48,53)(H,47,49,52). The fraction of sp³-hybridized carbons (Fsp3) is 0.300. The number of anilines is 4. The van der Waals surface area contributed by atoms with Crippen LogP contribution in [0.25, 0.3) is 22.5 Å². The van der Waals surface area contributed by atoms with E-state index in [1.165, 1.54) is 5.00 Å². The smallest absolute Gasteiger partial charge is 0.230 e. The van der Waals surface area contributed by atoms with Crippen molar-refractivity contribution in [1.82, 2.24) is 35.2 Å². The van der Waals surface area contributed by atoms with Gasteiger partial charge in [0.25, 0.3) is 0 Å². The number of pyridine rings is 2. The molecule has 286 valence electrons. The van der Waals surface area contributed by atoms with Gasteiger partial charge in [0.05, 0.1) is 64.5 Å². The maximum atomic E-state index is 12.9. The zero-order valence-corrected chi connectivity index (χ0v) is 32.4. The minimum Gasteiger partial charge on any atom is -0.371 e. The molecule has 0 saturated carbocycles. The molecule has 2 fully saturated rings. The number of piperazine rings is 1. The van der Waals surface area contributed by atoms with Gasteiger partial charge in [-0.05, 0) is 55.5 Å². The van der Waals surface area contributed by atoms with Crippen molar-refractivity contribution in [3.8, 4) is 22.5 Å². The molecule has 56 heavy (non-hydrogen) atoms. The Balaban J connectivity index is 0.806. The minimum absolute atomic E-state index is 0.0240. The number of carbonyl (C=O) groups is 2. The third-order valence-electron chi connectivity index (χ3n) is 9.39. The molecule has 3 N–H and O–H groups in total. The van der Waals surface area contributed by atoms with E-state index in [1.807, 2.05) is 24.3 Å². The highest BCUT2D eigenvalue weighted by Crippen LogP contribution is 2.31. The summed E-state index contributed by atoms with van der Waals surface area (Å²) in [6.07, 6.45) is 13.0. The quantitative estimate of drug-likeness (QED) is 0.150. The second-order valence-electron chi connectivity index (χ2n) is 13.7. The van der Waals surface area contributed by atoms with Crippen LogP contribution in [0, 0.1) is 0 Å². The van der Waals surface area contributed by atoms with E-state index < -0.39 is 0 Å². The Morgan fingerprint density at radius 2 is 1.36 bits per heavy atom. The fourth-order valence-electron chi connectivity index (χ4n) is 6.71. The monoisotopic (exact) mass is 787 g/mol. The van der Waals surface area contributed by atoms with E-state index in [4.69, 9.17) is 9.72 Å². The lowest BCUT2D eigenvalue weighted by atomic mass is 10.1. The average Bonchev–Trinajstić information content (AvgIpc) is 3.89. The number of thiophene rings is 2. The van der Waals surface area contributed by atoms with E-state index in [1.54, 1.807) is 78.2 Å². The molecular weight excluding hydrogens is 747 g/mol. The molecule has 2 aliphatic rings. The number of carbonyl (C=O) groups excluding carboxylic acids is 2. The van der Waals surface area contributed by atoms with Gasteiger partial charge in [-0.25, -0.2) is 9.97 Å².